The van der Waals surface area contributed by atoms with Gasteiger partial charge in [0.2, 0.25) is 5.91 Å². The lowest BCUT2D eigenvalue weighted by atomic mass is 10.0. The molecule has 5 nitrogen and oxygen atoms in total. The van der Waals surface area contributed by atoms with Crippen molar-refractivity contribution in [1.29, 1.82) is 0 Å². The van der Waals surface area contributed by atoms with Crippen molar-refractivity contribution < 1.29 is 18.3 Å². The summed E-state index contributed by atoms with van der Waals surface area (Å²) in [6.07, 6.45) is 4.25. The van der Waals surface area contributed by atoms with Crippen molar-refractivity contribution in [3.05, 3.63) is 0 Å². The van der Waals surface area contributed by atoms with Crippen LogP contribution in [-0.2, 0) is 14.6 Å². The van der Waals surface area contributed by atoms with E-state index in [0.29, 0.717) is 12.8 Å². The summed E-state index contributed by atoms with van der Waals surface area (Å²) in [6.45, 7) is 2.87. The van der Waals surface area contributed by atoms with Crippen LogP contribution in [0.5, 0.6) is 0 Å². The number of carbonyl (C=O) groups excluding carboxylic acids is 1. The first kappa shape index (κ1) is 14.4. The van der Waals surface area contributed by atoms with E-state index in [0.717, 1.165) is 19.1 Å². The number of nitrogens with one attached hydrogen (secondary N) is 1. The quantitative estimate of drug-likeness (QED) is 0.760. The zero-order chi connectivity index (χ0) is 13.3. The van der Waals surface area contributed by atoms with E-state index in [2.05, 4.69) is 5.32 Å². The maximum Gasteiger partial charge on any atom is 0.240 e. The molecule has 0 atom stereocenters. The first-order valence-corrected chi connectivity index (χ1v) is 7.68. The predicted octanol–water partition coefficient (Wildman–Crippen LogP) is 0.231. The van der Waals surface area contributed by atoms with Crippen LogP contribution in [0.15, 0.2) is 0 Å². The first-order valence-electron chi connectivity index (χ1n) is 5.79. The summed E-state index contributed by atoms with van der Waals surface area (Å²) in [5.41, 5.74) is -0.858. The van der Waals surface area contributed by atoms with Gasteiger partial charge in [0.1, 0.15) is 4.75 Å². The third-order valence-corrected chi connectivity index (χ3v) is 5.63. The summed E-state index contributed by atoms with van der Waals surface area (Å²) >= 11 is 0. The van der Waals surface area contributed by atoms with E-state index < -0.39 is 26.1 Å². The number of hydrogen-bond acceptors (Lipinski definition) is 4. The van der Waals surface area contributed by atoms with Crippen molar-refractivity contribution in [3.8, 4) is 0 Å². The molecule has 0 aromatic rings. The Kier molecular flexibility index (Phi) is 3.88. The number of amides is 1. The maximum absolute atomic E-state index is 11.8. The molecule has 0 aromatic carbocycles. The molecule has 0 spiro atoms. The smallest absolute Gasteiger partial charge is 0.240 e. The highest BCUT2D eigenvalue weighted by Crippen LogP contribution is 2.28. The fourth-order valence-electron chi connectivity index (χ4n) is 1.84. The van der Waals surface area contributed by atoms with E-state index in [-0.39, 0.29) is 6.54 Å². The zero-order valence-corrected chi connectivity index (χ0v) is 11.4. The molecule has 0 saturated heterocycles. The average molecular weight is 263 g/mol. The van der Waals surface area contributed by atoms with Gasteiger partial charge in [-0.2, -0.15) is 0 Å². The Morgan fingerprint density at radius 2 is 1.82 bits per heavy atom. The molecule has 0 unspecified atom stereocenters. The molecule has 100 valence electrons. The third kappa shape index (κ3) is 3.19. The van der Waals surface area contributed by atoms with Gasteiger partial charge in [0.25, 0.3) is 0 Å². The van der Waals surface area contributed by atoms with Crippen molar-refractivity contribution in [2.75, 3.05) is 12.8 Å². The minimum atomic E-state index is -3.46. The Morgan fingerprint density at radius 3 is 2.24 bits per heavy atom. The van der Waals surface area contributed by atoms with E-state index in [1.54, 1.807) is 0 Å². The molecule has 17 heavy (non-hydrogen) atoms. The molecule has 0 heterocycles. The van der Waals surface area contributed by atoms with E-state index in [1.165, 1.54) is 13.8 Å². The molecule has 6 heteroatoms. The zero-order valence-electron chi connectivity index (χ0n) is 10.6. The summed E-state index contributed by atoms with van der Waals surface area (Å²) in [5, 5.41) is 12.6. The number of rotatable bonds is 4. The Balaban J connectivity index is 2.61. The van der Waals surface area contributed by atoms with Crippen molar-refractivity contribution >= 4 is 15.7 Å². The fourth-order valence-corrected chi connectivity index (χ4v) is 2.24. The van der Waals surface area contributed by atoms with Crippen LogP contribution in [0.3, 0.4) is 0 Å². The van der Waals surface area contributed by atoms with Gasteiger partial charge in [-0.1, -0.05) is 12.8 Å². The summed E-state index contributed by atoms with van der Waals surface area (Å²) in [7, 11) is -3.46. The van der Waals surface area contributed by atoms with Crippen LogP contribution in [0.2, 0.25) is 0 Å². The maximum atomic E-state index is 11.8. The van der Waals surface area contributed by atoms with Gasteiger partial charge < -0.3 is 10.4 Å². The summed E-state index contributed by atoms with van der Waals surface area (Å²) in [5.74, 6) is -0.555. The number of hydrogen-bond donors (Lipinski definition) is 2. The highest BCUT2D eigenvalue weighted by Gasteiger charge is 2.40. The van der Waals surface area contributed by atoms with Crippen molar-refractivity contribution in [2.45, 2.75) is 49.9 Å². The monoisotopic (exact) mass is 263 g/mol. The van der Waals surface area contributed by atoms with Crippen LogP contribution in [0, 0.1) is 0 Å². The summed E-state index contributed by atoms with van der Waals surface area (Å²) in [6, 6.07) is 0. The van der Waals surface area contributed by atoms with Crippen LogP contribution in [0.1, 0.15) is 39.5 Å². The molecule has 0 radical (unpaired) electrons. The number of aliphatic hydroxyl groups is 1. The van der Waals surface area contributed by atoms with E-state index >= 15 is 0 Å². The minimum Gasteiger partial charge on any atom is -0.388 e. The molecule has 1 rings (SSSR count). The van der Waals surface area contributed by atoms with Crippen LogP contribution >= 0.6 is 0 Å². The van der Waals surface area contributed by atoms with Gasteiger partial charge in [-0.05, 0) is 26.7 Å². The normalized spacial score (nSPS) is 20.2. The van der Waals surface area contributed by atoms with Crippen LogP contribution in [0.25, 0.3) is 0 Å². The lowest BCUT2D eigenvalue weighted by Gasteiger charge is -2.26. The van der Waals surface area contributed by atoms with Gasteiger partial charge in [0, 0.05) is 12.8 Å². The minimum absolute atomic E-state index is 0.130. The van der Waals surface area contributed by atoms with Crippen LogP contribution in [0.4, 0.5) is 0 Å². The molecular formula is C11H21NO4S. The Bertz CT molecular complexity index is 394. The highest BCUT2D eigenvalue weighted by atomic mass is 32.2. The molecule has 1 amide bonds. The molecule has 1 aliphatic rings. The van der Waals surface area contributed by atoms with Crippen LogP contribution in [-0.4, -0.2) is 42.6 Å². The SMILES string of the molecule is CC(C)(C(=O)NCC1(O)CCCC1)S(C)(=O)=O. The van der Waals surface area contributed by atoms with E-state index in [4.69, 9.17) is 0 Å². The van der Waals surface area contributed by atoms with Gasteiger partial charge in [0.15, 0.2) is 9.84 Å². The molecule has 0 aromatic heterocycles. The van der Waals surface area contributed by atoms with Crippen molar-refractivity contribution in [1.82, 2.24) is 5.32 Å². The Labute approximate surface area is 103 Å². The van der Waals surface area contributed by atoms with Gasteiger partial charge in [-0.25, -0.2) is 8.42 Å². The number of carbonyl (C=O) groups is 1. The Hall–Kier alpha value is -0.620. The third-order valence-electron chi connectivity index (χ3n) is 3.59. The molecule has 1 aliphatic carbocycles. The second-order valence-electron chi connectivity index (χ2n) is 5.40. The van der Waals surface area contributed by atoms with Gasteiger partial charge >= 0.3 is 0 Å². The second kappa shape index (κ2) is 4.57. The lowest BCUT2D eigenvalue weighted by Crippen LogP contribution is -2.51. The molecule has 1 saturated carbocycles. The molecule has 0 aliphatic heterocycles. The largest absolute Gasteiger partial charge is 0.388 e. The second-order valence-corrected chi connectivity index (χ2v) is 7.96. The fraction of sp³-hybridized carbons (Fsp3) is 0.909. The van der Waals surface area contributed by atoms with Gasteiger partial charge in [-0.15, -0.1) is 0 Å². The van der Waals surface area contributed by atoms with Gasteiger partial charge in [0.05, 0.1) is 5.60 Å². The summed E-state index contributed by atoms with van der Waals surface area (Å²) < 4.78 is 21.4. The molecule has 0 bridgehead atoms. The van der Waals surface area contributed by atoms with Gasteiger partial charge in [-0.3, -0.25) is 4.79 Å². The first-order chi connectivity index (χ1) is 7.58. The molecule has 2 N–H and O–H groups in total. The van der Waals surface area contributed by atoms with Crippen molar-refractivity contribution in [2.24, 2.45) is 0 Å². The standard InChI is InChI=1S/C11H21NO4S/c1-10(2,17(3,15)16)9(13)12-8-11(14)6-4-5-7-11/h14H,4-8H2,1-3H3,(H,12,13). The highest BCUT2D eigenvalue weighted by molar-refractivity contribution is 7.92. The average Bonchev–Trinajstić information content (AvgIpc) is 2.60. The molecular weight excluding hydrogens is 242 g/mol. The number of sulfone groups is 1. The predicted molar refractivity (Wildman–Crippen MR) is 65.4 cm³/mol. The molecule has 1 fully saturated rings. The topological polar surface area (TPSA) is 83.5 Å². The van der Waals surface area contributed by atoms with E-state index in [1.807, 2.05) is 0 Å². The van der Waals surface area contributed by atoms with Crippen molar-refractivity contribution in [3.63, 3.8) is 0 Å². The lowest BCUT2D eigenvalue weighted by molar-refractivity contribution is -0.124. The van der Waals surface area contributed by atoms with E-state index in [9.17, 15) is 18.3 Å². The Morgan fingerprint density at radius 1 is 1.35 bits per heavy atom. The summed E-state index contributed by atoms with van der Waals surface area (Å²) in [4.78, 5) is 11.8. The van der Waals surface area contributed by atoms with Crippen LogP contribution < -0.4 is 5.32 Å².